The average molecular weight is 410 g/mol. The predicted molar refractivity (Wildman–Crippen MR) is 118 cm³/mol. The molecule has 7 heteroatoms. The number of carbonyl (C=O) groups is 2. The van der Waals surface area contributed by atoms with Crippen molar-refractivity contribution in [3.05, 3.63) is 42.0 Å². The van der Waals surface area contributed by atoms with E-state index in [1.807, 2.05) is 49.9 Å². The number of anilines is 1. The Balaban J connectivity index is 1.55. The van der Waals surface area contributed by atoms with Crippen LogP contribution in [0, 0.1) is 12.8 Å². The Hall–Kier alpha value is -2.96. The summed E-state index contributed by atoms with van der Waals surface area (Å²) in [4.78, 5) is 30.5. The minimum Gasteiger partial charge on any atom is -0.352 e. The second kappa shape index (κ2) is 9.69. The first-order valence-electron chi connectivity index (χ1n) is 10.6. The zero-order valence-corrected chi connectivity index (χ0v) is 18.3. The van der Waals surface area contributed by atoms with Crippen LogP contribution in [0.25, 0.3) is 11.3 Å². The standard InChI is InChI=1S/C23H31N5O2/c1-5-26(23(30)17(2)3)16-22(29)28-14-12-27(13-15-28)21-11-10-20(24-25-21)19-8-6-18(4)7-9-19/h6-11,17H,5,12-16H2,1-4H3. The lowest BCUT2D eigenvalue weighted by atomic mass is 10.1. The van der Waals surface area contributed by atoms with Gasteiger partial charge in [0.2, 0.25) is 11.8 Å². The molecule has 1 fully saturated rings. The molecule has 0 atom stereocenters. The lowest BCUT2D eigenvalue weighted by molar-refractivity contribution is -0.142. The van der Waals surface area contributed by atoms with Gasteiger partial charge >= 0.3 is 0 Å². The molecule has 1 aliphatic rings. The number of amides is 2. The molecule has 30 heavy (non-hydrogen) atoms. The van der Waals surface area contributed by atoms with Crippen LogP contribution in [-0.2, 0) is 9.59 Å². The fourth-order valence-corrected chi connectivity index (χ4v) is 3.53. The van der Waals surface area contributed by atoms with Crippen LogP contribution in [0.3, 0.4) is 0 Å². The van der Waals surface area contributed by atoms with Gasteiger partial charge in [-0.2, -0.15) is 0 Å². The maximum atomic E-state index is 12.6. The van der Waals surface area contributed by atoms with Gasteiger partial charge in [-0.1, -0.05) is 43.7 Å². The summed E-state index contributed by atoms with van der Waals surface area (Å²) in [7, 11) is 0. The number of aryl methyl sites for hydroxylation is 1. The van der Waals surface area contributed by atoms with Gasteiger partial charge in [-0.3, -0.25) is 9.59 Å². The Bertz CT molecular complexity index is 856. The molecule has 2 heterocycles. The summed E-state index contributed by atoms with van der Waals surface area (Å²) in [5.41, 5.74) is 3.11. The second-order valence-electron chi connectivity index (χ2n) is 8.02. The van der Waals surface area contributed by atoms with Crippen molar-refractivity contribution in [2.24, 2.45) is 5.92 Å². The first-order chi connectivity index (χ1) is 14.4. The Labute approximate surface area is 178 Å². The molecule has 0 aliphatic carbocycles. The second-order valence-corrected chi connectivity index (χ2v) is 8.02. The van der Waals surface area contributed by atoms with E-state index in [0.717, 1.165) is 17.1 Å². The number of carbonyl (C=O) groups excluding carboxylic acids is 2. The molecule has 2 aromatic rings. The third-order valence-corrected chi connectivity index (χ3v) is 5.47. The van der Waals surface area contributed by atoms with E-state index >= 15 is 0 Å². The molecule has 0 spiro atoms. The first-order valence-corrected chi connectivity index (χ1v) is 10.6. The number of piperazine rings is 1. The zero-order chi connectivity index (χ0) is 21.7. The summed E-state index contributed by atoms with van der Waals surface area (Å²) in [6.45, 7) is 11.0. The highest BCUT2D eigenvalue weighted by Gasteiger charge is 2.25. The van der Waals surface area contributed by atoms with Gasteiger partial charge in [-0.15, -0.1) is 10.2 Å². The van der Waals surface area contributed by atoms with Gasteiger partial charge in [0.05, 0.1) is 12.2 Å². The van der Waals surface area contributed by atoms with E-state index in [0.29, 0.717) is 32.7 Å². The number of aromatic nitrogens is 2. The van der Waals surface area contributed by atoms with Crippen molar-refractivity contribution >= 4 is 17.6 Å². The Morgan fingerprint density at radius 2 is 1.67 bits per heavy atom. The summed E-state index contributed by atoms with van der Waals surface area (Å²) < 4.78 is 0. The van der Waals surface area contributed by atoms with Gasteiger partial charge in [0.1, 0.15) is 0 Å². The first kappa shape index (κ1) is 21.7. The summed E-state index contributed by atoms with van der Waals surface area (Å²) in [6.07, 6.45) is 0. The number of benzene rings is 1. The van der Waals surface area contributed by atoms with Gasteiger partial charge in [0, 0.05) is 44.2 Å². The van der Waals surface area contributed by atoms with Crippen LogP contribution in [-0.4, -0.2) is 71.1 Å². The molecule has 0 radical (unpaired) electrons. The molecule has 1 aromatic heterocycles. The van der Waals surface area contributed by atoms with Crippen molar-refractivity contribution < 1.29 is 9.59 Å². The number of nitrogens with zero attached hydrogens (tertiary/aromatic N) is 5. The third kappa shape index (κ3) is 5.14. The van der Waals surface area contributed by atoms with Crippen molar-refractivity contribution in [3.63, 3.8) is 0 Å². The number of likely N-dealkylation sites (N-methyl/N-ethyl adjacent to an activating group) is 1. The summed E-state index contributed by atoms with van der Waals surface area (Å²) in [6, 6.07) is 12.2. The lowest BCUT2D eigenvalue weighted by Crippen LogP contribution is -2.52. The molecule has 0 bridgehead atoms. The SMILES string of the molecule is CCN(CC(=O)N1CCN(c2ccc(-c3ccc(C)cc3)nn2)CC1)C(=O)C(C)C. The number of hydrogen-bond acceptors (Lipinski definition) is 5. The van der Waals surface area contributed by atoms with E-state index in [2.05, 4.69) is 34.2 Å². The minimum absolute atomic E-state index is 0.00584. The van der Waals surface area contributed by atoms with E-state index in [4.69, 9.17) is 0 Å². The molecular formula is C23H31N5O2. The van der Waals surface area contributed by atoms with Crippen LogP contribution >= 0.6 is 0 Å². The third-order valence-electron chi connectivity index (χ3n) is 5.47. The largest absolute Gasteiger partial charge is 0.352 e. The van der Waals surface area contributed by atoms with E-state index in [1.165, 1.54) is 5.56 Å². The number of rotatable bonds is 6. The molecule has 0 N–H and O–H groups in total. The predicted octanol–water partition coefficient (Wildman–Crippen LogP) is 2.61. The highest BCUT2D eigenvalue weighted by Crippen LogP contribution is 2.20. The maximum absolute atomic E-state index is 12.6. The molecule has 0 unspecified atom stereocenters. The zero-order valence-electron chi connectivity index (χ0n) is 18.3. The average Bonchev–Trinajstić information content (AvgIpc) is 2.77. The molecule has 0 saturated carbocycles. The van der Waals surface area contributed by atoms with Crippen molar-refractivity contribution in [2.45, 2.75) is 27.7 Å². The minimum atomic E-state index is -0.101. The van der Waals surface area contributed by atoms with Crippen molar-refractivity contribution in [2.75, 3.05) is 44.2 Å². The van der Waals surface area contributed by atoms with Gasteiger partial charge in [0.15, 0.2) is 5.82 Å². The van der Waals surface area contributed by atoms with Crippen molar-refractivity contribution in [1.29, 1.82) is 0 Å². The Morgan fingerprint density at radius 1 is 1.00 bits per heavy atom. The fourth-order valence-electron chi connectivity index (χ4n) is 3.53. The summed E-state index contributed by atoms with van der Waals surface area (Å²) in [5, 5.41) is 8.77. The van der Waals surface area contributed by atoms with Crippen LogP contribution in [0.15, 0.2) is 36.4 Å². The van der Waals surface area contributed by atoms with E-state index in [1.54, 1.807) is 4.90 Å². The van der Waals surface area contributed by atoms with Crippen molar-refractivity contribution in [1.82, 2.24) is 20.0 Å². The topological polar surface area (TPSA) is 69.6 Å². The van der Waals surface area contributed by atoms with Gasteiger partial charge in [-0.25, -0.2) is 0 Å². The smallest absolute Gasteiger partial charge is 0.242 e. The van der Waals surface area contributed by atoms with Gasteiger partial charge in [0.25, 0.3) is 0 Å². The summed E-state index contributed by atoms with van der Waals surface area (Å²) >= 11 is 0. The van der Waals surface area contributed by atoms with Crippen LogP contribution < -0.4 is 4.90 Å². The van der Waals surface area contributed by atoms with Crippen LogP contribution in [0.1, 0.15) is 26.3 Å². The molecule has 1 aromatic carbocycles. The molecule has 1 aliphatic heterocycles. The van der Waals surface area contributed by atoms with Crippen LogP contribution in [0.5, 0.6) is 0 Å². The molecule has 1 saturated heterocycles. The molecule has 3 rings (SSSR count). The van der Waals surface area contributed by atoms with Crippen LogP contribution in [0.2, 0.25) is 0 Å². The maximum Gasteiger partial charge on any atom is 0.242 e. The normalized spacial score (nSPS) is 14.2. The fraction of sp³-hybridized carbons (Fsp3) is 0.478. The van der Waals surface area contributed by atoms with E-state index < -0.39 is 0 Å². The van der Waals surface area contributed by atoms with E-state index in [-0.39, 0.29) is 24.3 Å². The molecule has 2 amide bonds. The summed E-state index contributed by atoms with van der Waals surface area (Å²) in [5.74, 6) is 0.749. The quantitative estimate of drug-likeness (QED) is 0.734. The molecule has 160 valence electrons. The lowest BCUT2D eigenvalue weighted by Gasteiger charge is -2.36. The highest BCUT2D eigenvalue weighted by atomic mass is 16.2. The van der Waals surface area contributed by atoms with Gasteiger partial charge in [-0.05, 0) is 26.0 Å². The monoisotopic (exact) mass is 409 g/mol. The van der Waals surface area contributed by atoms with Crippen LogP contribution in [0.4, 0.5) is 5.82 Å². The van der Waals surface area contributed by atoms with E-state index in [9.17, 15) is 9.59 Å². The number of hydrogen-bond donors (Lipinski definition) is 0. The molecular weight excluding hydrogens is 378 g/mol. The Morgan fingerprint density at radius 3 is 2.20 bits per heavy atom. The van der Waals surface area contributed by atoms with Crippen molar-refractivity contribution in [3.8, 4) is 11.3 Å². The van der Waals surface area contributed by atoms with Gasteiger partial charge < -0.3 is 14.7 Å². The molecule has 7 nitrogen and oxygen atoms in total. The highest BCUT2D eigenvalue weighted by molar-refractivity contribution is 5.85. The Kier molecular flexibility index (Phi) is 7.03.